The van der Waals surface area contributed by atoms with Crippen molar-refractivity contribution in [2.45, 2.75) is 38.4 Å². The molecule has 0 aliphatic rings. The minimum Gasteiger partial charge on any atom is -0.396 e. The van der Waals surface area contributed by atoms with Crippen LogP contribution in [0, 0.1) is 11.3 Å². The van der Waals surface area contributed by atoms with Crippen molar-refractivity contribution in [1.29, 1.82) is 5.26 Å². The highest BCUT2D eigenvalue weighted by atomic mass is 19.4. The fourth-order valence-electron chi connectivity index (χ4n) is 2.98. The molecule has 3 rings (SSSR count). The van der Waals surface area contributed by atoms with Crippen molar-refractivity contribution in [3.05, 3.63) is 35.8 Å². The average molecular weight is 432 g/mol. The minimum atomic E-state index is -4.58. The molecule has 0 saturated carbocycles. The molecule has 0 atom stereocenters. The third kappa shape index (κ3) is 4.64. The van der Waals surface area contributed by atoms with Gasteiger partial charge in [-0.1, -0.05) is 0 Å². The number of aliphatic hydroxyl groups is 1. The molecule has 0 aromatic carbocycles. The minimum absolute atomic E-state index is 0.0330. The number of hydrogen-bond acceptors (Lipinski definition) is 7. The highest BCUT2D eigenvalue weighted by molar-refractivity contribution is 5.94. The molecular formula is C20H19F3N6O2. The summed E-state index contributed by atoms with van der Waals surface area (Å²) in [5.41, 5.74) is -1.38. The van der Waals surface area contributed by atoms with E-state index in [1.807, 2.05) is 6.07 Å². The first-order valence-corrected chi connectivity index (χ1v) is 9.31. The number of pyridine rings is 1. The Morgan fingerprint density at radius 2 is 2.03 bits per heavy atom. The normalized spacial score (nSPS) is 12.0. The number of alkyl halides is 3. The van der Waals surface area contributed by atoms with Crippen LogP contribution in [0.25, 0.3) is 22.3 Å². The average Bonchev–Trinajstić information content (AvgIpc) is 3.14. The van der Waals surface area contributed by atoms with Crippen molar-refractivity contribution in [2.24, 2.45) is 0 Å². The smallest absolute Gasteiger partial charge is 0.396 e. The Labute approximate surface area is 175 Å². The van der Waals surface area contributed by atoms with E-state index in [9.17, 15) is 23.2 Å². The zero-order valence-corrected chi connectivity index (χ0v) is 16.7. The zero-order chi connectivity index (χ0) is 22.8. The number of hydrogen-bond donors (Lipinski definition) is 3. The number of aromatic nitrogens is 4. The Balaban J connectivity index is 2.04. The molecule has 0 unspecified atom stereocenters. The summed E-state index contributed by atoms with van der Waals surface area (Å²) in [6.07, 6.45) is -0.741. The van der Waals surface area contributed by atoms with Crippen LogP contribution in [0.5, 0.6) is 0 Å². The maximum absolute atomic E-state index is 13.1. The summed E-state index contributed by atoms with van der Waals surface area (Å²) in [4.78, 5) is 27.3. The van der Waals surface area contributed by atoms with E-state index in [1.54, 1.807) is 13.8 Å². The molecule has 8 nitrogen and oxygen atoms in total. The number of carbonyl (C=O) groups excluding carboxylic acids is 1. The highest BCUT2D eigenvalue weighted by Crippen LogP contribution is 2.34. The number of nitrogens with zero attached hydrogens (tertiary/aromatic N) is 4. The van der Waals surface area contributed by atoms with Crippen LogP contribution in [0.15, 0.2) is 24.7 Å². The SMILES string of the molecule is CC(C)(Nc1ncc(C#N)c(-c2c[nH]c3ncc(C(F)(F)F)cc23)n1)C(=O)CCCO. The standard InChI is InChI=1S/C20H19F3N6O2/c1-19(2,15(31)4-3-5-30)29-18-27-8-11(7-24)16(28-18)14-10-26-17-13(14)6-12(9-25-17)20(21,22)23/h6,8-10,30H,3-5H2,1-2H3,(H,25,26)(H,27,28,29). The quantitative estimate of drug-likeness (QED) is 0.522. The fraction of sp³-hybridized carbons (Fsp3) is 0.350. The maximum atomic E-state index is 13.1. The van der Waals surface area contributed by atoms with Crippen LogP contribution in [0.1, 0.15) is 37.8 Å². The van der Waals surface area contributed by atoms with Crippen LogP contribution in [-0.2, 0) is 11.0 Å². The number of nitrogens with one attached hydrogen (secondary N) is 2. The van der Waals surface area contributed by atoms with Gasteiger partial charge in [-0.3, -0.25) is 4.79 Å². The van der Waals surface area contributed by atoms with Gasteiger partial charge in [0.1, 0.15) is 11.7 Å². The molecule has 0 radical (unpaired) electrons. The van der Waals surface area contributed by atoms with Crippen molar-refractivity contribution < 1.29 is 23.1 Å². The summed E-state index contributed by atoms with van der Waals surface area (Å²) in [6.45, 7) is 3.13. The summed E-state index contributed by atoms with van der Waals surface area (Å²) in [6, 6.07) is 2.87. The molecule has 3 heterocycles. The first kappa shape index (κ1) is 22.2. The first-order chi connectivity index (χ1) is 14.6. The van der Waals surface area contributed by atoms with E-state index in [1.165, 1.54) is 12.4 Å². The number of aliphatic hydroxyl groups excluding tert-OH is 1. The van der Waals surface area contributed by atoms with Crippen LogP contribution in [0.3, 0.4) is 0 Å². The molecule has 0 aliphatic carbocycles. The van der Waals surface area contributed by atoms with Crippen LogP contribution < -0.4 is 5.32 Å². The molecule has 0 fully saturated rings. The van der Waals surface area contributed by atoms with Crippen molar-refractivity contribution >= 4 is 22.8 Å². The van der Waals surface area contributed by atoms with Crippen LogP contribution in [0.4, 0.5) is 19.1 Å². The predicted molar refractivity (Wildman–Crippen MR) is 106 cm³/mol. The van der Waals surface area contributed by atoms with Crippen molar-refractivity contribution in [1.82, 2.24) is 19.9 Å². The summed E-state index contributed by atoms with van der Waals surface area (Å²) >= 11 is 0. The topological polar surface area (TPSA) is 128 Å². The number of Topliss-reactive ketones (excluding diaryl/α,β-unsaturated/α-hetero) is 1. The molecule has 31 heavy (non-hydrogen) atoms. The van der Waals surface area contributed by atoms with E-state index in [0.29, 0.717) is 6.42 Å². The number of halogens is 3. The largest absolute Gasteiger partial charge is 0.417 e. The van der Waals surface area contributed by atoms with Gasteiger partial charge in [-0.15, -0.1) is 0 Å². The molecule has 0 saturated heterocycles. The van der Waals surface area contributed by atoms with Crippen molar-refractivity contribution in [3.63, 3.8) is 0 Å². The van der Waals surface area contributed by atoms with E-state index in [-0.39, 0.29) is 52.6 Å². The molecule has 162 valence electrons. The van der Waals surface area contributed by atoms with E-state index in [4.69, 9.17) is 5.11 Å². The third-order valence-corrected chi connectivity index (χ3v) is 4.71. The lowest BCUT2D eigenvalue weighted by Gasteiger charge is -2.25. The zero-order valence-electron chi connectivity index (χ0n) is 16.7. The Bertz CT molecular complexity index is 1160. The number of ketones is 1. The molecule has 0 bridgehead atoms. The summed E-state index contributed by atoms with van der Waals surface area (Å²) in [5, 5.41) is 21.4. The monoisotopic (exact) mass is 432 g/mol. The molecule has 3 N–H and O–H groups in total. The number of anilines is 1. The number of carbonyl (C=O) groups is 1. The second-order valence-electron chi connectivity index (χ2n) is 7.39. The Morgan fingerprint density at radius 1 is 1.29 bits per heavy atom. The molecule has 3 aromatic heterocycles. The van der Waals surface area contributed by atoms with Gasteiger partial charge in [0, 0.05) is 36.4 Å². The lowest BCUT2D eigenvalue weighted by atomic mass is 9.96. The first-order valence-electron chi connectivity index (χ1n) is 9.31. The molecule has 0 spiro atoms. The molecule has 3 aromatic rings. The molecular weight excluding hydrogens is 413 g/mol. The van der Waals surface area contributed by atoms with Gasteiger partial charge in [-0.25, -0.2) is 15.0 Å². The van der Waals surface area contributed by atoms with Gasteiger partial charge in [0.25, 0.3) is 0 Å². The van der Waals surface area contributed by atoms with E-state index in [2.05, 4.69) is 25.3 Å². The van der Waals surface area contributed by atoms with Gasteiger partial charge in [0.05, 0.1) is 28.6 Å². The lowest BCUT2D eigenvalue weighted by Crippen LogP contribution is -2.40. The molecule has 0 amide bonds. The third-order valence-electron chi connectivity index (χ3n) is 4.71. The second kappa shape index (κ2) is 8.31. The number of H-pyrrole nitrogens is 1. The van der Waals surface area contributed by atoms with Crippen molar-refractivity contribution in [2.75, 3.05) is 11.9 Å². The number of nitriles is 1. The van der Waals surface area contributed by atoms with E-state index < -0.39 is 17.3 Å². The Morgan fingerprint density at radius 3 is 2.68 bits per heavy atom. The van der Waals surface area contributed by atoms with Gasteiger partial charge in [-0.2, -0.15) is 18.4 Å². The molecule has 11 heteroatoms. The van der Waals surface area contributed by atoms with Crippen molar-refractivity contribution in [3.8, 4) is 17.3 Å². The van der Waals surface area contributed by atoms with E-state index >= 15 is 0 Å². The maximum Gasteiger partial charge on any atom is 0.417 e. The second-order valence-corrected chi connectivity index (χ2v) is 7.39. The fourth-order valence-corrected chi connectivity index (χ4v) is 2.98. The van der Waals surface area contributed by atoms with Gasteiger partial charge in [-0.05, 0) is 26.3 Å². The predicted octanol–water partition coefficient (Wildman–Crippen LogP) is 3.44. The lowest BCUT2D eigenvalue weighted by molar-refractivity contribution is -0.137. The summed E-state index contributed by atoms with van der Waals surface area (Å²) in [5.74, 6) is -0.146. The number of rotatable bonds is 7. The van der Waals surface area contributed by atoms with Gasteiger partial charge in [0.2, 0.25) is 5.95 Å². The number of aromatic amines is 1. The van der Waals surface area contributed by atoms with Gasteiger partial charge >= 0.3 is 6.18 Å². The summed E-state index contributed by atoms with van der Waals surface area (Å²) < 4.78 is 39.4. The van der Waals surface area contributed by atoms with Gasteiger partial charge in [0.15, 0.2) is 5.78 Å². The highest BCUT2D eigenvalue weighted by Gasteiger charge is 2.32. The van der Waals surface area contributed by atoms with Crippen LogP contribution >= 0.6 is 0 Å². The molecule has 0 aliphatic heterocycles. The van der Waals surface area contributed by atoms with Crippen LogP contribution in [0.2, 0.25) is 0 Å². The van der Waals surface area contributed by atoms with Gasteiger partial charge < -0.3 is 15.4 Å². The summed E-state index contributed by atoms with van der Waals surface area (Å²) in [7, 11) is 0. The number of fused-ring (bicyclic) bond motifs is 1. The van der Waals surface area contributed by atoms with E-state index in [0.717, 1.165) is 12.3 Å². The Kier molecular flexibility index (Phi) is 5.94. The Hall–Kier alpha value is -3.52. The van der Waals surface area contributed by atoms with Crippen LogP contribution in [-0.4, -0.2) is 43.0 Å².